The van der Waals surface area contributed by atoms with E-state index in [4.69, 9.17) is 10.00 Å². The van der Waals surface area contributed by atoms with E-state index in [1.165, 1.54) is 16.4 Å². The van der Waals surface area contributed by atoms with Crippen molar-refractivity contribution in [3.63, 3.8) is 0 Å². The molecule has 2 heterocycles. The molecule has 168 valence electrons. The van der Waals surface area contributed by atoms with E-state index < -0.39 is 28.9 Å². The maximum absolute atomic E-state index is 12.2. The van der Waals surface area contributed by atoms with Crippen LogP contribution in [0.1, 0.15) is 0 Å². The van der Waals surface area contributed by atoms with Crippen LogP contribution in [0.4, 0.5) is 0 Å². The van der Waals surface area contributed by atoms with Crippen molar-refractivity contribution >= 4 is 53.1 Å². The lowest BCUT2D eigenvalue weighted by molar-refractivity contribution is -0.170. The molecule has 1 aromatic rings. The number of aromatic nitrogens is 4. The second-order valence-corrected chi connectivity index (χ2v) is 8.96. The average Bonchev–Trinajstić information content (AvgIpc) is 3.15. The van der Waals surface area contributed by atoms with E-state index in [1.54, 1.807) is 7.05 Å². The van der Waals surface area contributed by atoms with Gasteiger partial charge in [0.1, 0.15) is 11.1 Å². The van der Waals surface area contributed by atoms with Crippen molar-refractivity contribution in [2.45, 2.75) is 16.3 Å². The third kappa shape index (κ3) is 6.03. The maximum Gasteiger partial charge on any atom is 0.360 e. The van der Waals surface area contributed by atoms with Crippen molar-refractivity contribution in [2.24, 2.45) is 7.05 Å². The van der Waals surface area contributed by atoms with Gasteiger partial charge in [-0.15, -0.1) is 28.6 Å². The summed E-state index contributed by atoms with van der Waals surface area (Å²) < 4.78 is 6.62. The number of amides is 1. The minimum absolute atomic E-state index is 0.0604. The van der Waals surface area contributed by atoms with Crippen LogP contribution < -0.4 is 10.6 Å². The number of aryl methyl sites for hydroxylation is 1. The summed E-state index contributed by atoms with van der Waals surface area (Å²) in [6.45, 7) is 0. The second-order valence-electron chi connectivity index (χ2n) is 5.94. The molecule has 2 atom stereocenters. The molecule has 0 saturated heterocycles. The van der Waals surface area contributed by atoms with Crippen LogP contribution in [-0.4, -0.2) is 89.5 Å². The Morgan fingerprint density at radius 1 is 1.48 bits per heavy atom. The summed E-state index contributed by atoms with van der Waals surface area (Å²) in [5.74, 6) is -3.09. The Hall–Kier alpha value is -2.48. The number of nitriles is 1. The van der Waals surface area contributed by atoms with Gasteiger partial charge in [0, 0.05) is 25.7 Å². The molecule has 0 aliphatic carbocycles. The molecule has 4 N–H and O–H groups in total. The predicted molar refractivity (Wildman–Crippen MR) is 112 cm³/mol. The molecule has 2 rings (SSSR count). The summed E-state index contributed by atoms with van der Waals surface area (Å²) in [6.07, 6.45) is 0. The lowest BCUT2D eigenvalue weighted by Crippen LogP contribution is -2.67. The number of thioether (sulfide) groups is 3. The number of rotatable bonds is 11. The zero-order chi connectivity index (χ0) is 23.0. The Bertz CT molecular complexity index is 917. The fourth-order valence-electron chi connectivity index (χ4n) is 2.48. The number of hydrogen-bond donors (Lipinski definition) is 4. The first-order valence-corrected chi connectivity index (χ1v) is 11.7. The number of methoxy groups -OCH3 is 1. The van der Waals surface area contributed by atoms with Crippen molar-refractivity contribution in [3.05, 3.63) is 11.3 Å². The summed E-state index contributed by atoms with van der Waals surface area (Å²) in [5, 5.41) is 43.4. The fourth-order valence-corrected chi connectivity index (χ4v) is 5.23. The molecular weight excluding hydrogens is 470 g/mol. The third-order valence-corrected chi connectivity index (χ3v) is 7.15. The molecule has 0 bridgehead atoms. The Balaban J connectivity index is 2.21. The smallest absolute Gasteiger partial charge is 0.360 e. The quantitative estimate of drug-likeness (QED) is 0.170. The highest BCUT2D eigenvalue weighted by molar-refractivity contribution is 8.01. The van der Waals surface area contributed by atoms with Crippen LogP contribution in [0.2, 0.25) is 0 Å². The number of tetrazole rings is 1. The monoisotopic (exact) mass is 489 g/mol. The summed E-state index contributed by atoms with van der Waals surface area (Å²) in [6, 6.07) is 1.87. The van der Waals surface area contributed by atoms with Crippen LogP contribution in [0.25, 0.3) is 0 Å². The van der Waals surface area contributed by atoms with Crippen molar-refractivity contribution < 1.29 is 29.3 Å². The number of nitrogens with one attached hydrogen (secondary N) is 2. The van der Waals surface area contributed by atoms with E-state index in [1.807, 2.05) is 6.07 Å². The van der Waals surface area contributed by atoms with Gasteiger partial charge < -0.3 is 25.6 Å². The Morgan fingerprint density at radius 3 is 2.77 bits per heavy atom. The van der Waals surface area contributed by atoms with Crippen molar-refractivity contribution in [1.29, 1.82) is 5.26 Å². The molecule has 0 aromatic carbocycles. The van der Waals surface area contributed by atoms with E-state index in [2.05, 4.69) is 26.2 Å². The molecule has 0 spiro atoms. The molecule has 0 saturated carbocycles. The molecule has 1 aliphatic heterocycles. The molecule has 0 fully saturated rings. The lowest BCUT2D eigenvalue weighted by Gasteiger charge is -2.39. The van der Waals surface area contributed by atoms with Crippen LogP contribution in [0.3, 0.4) is 0 Å². The normalized spacial score (nSPS) is 17.9. The minimum Gasteiger partial charge on any atom is -0.478 e. The van der Waals surface area contributed by atoms with Crippen molar-refractivity contribution in [2.75, 3.05) is 30.1 Å². The summed E-state index contributed by atoms with van der Waals surface area (Å²) in [5.41, 5.74) is -1.89. The Morgan fingerprint density at radius 2 is 2.23 bits per heavy atom. The van der Waals surface area contributed by atoms with Gasteiger partial charge in [0.25, 0.3) is 5.72 Å². The Kier molecular flexibility index (Phi) is 8.98. The van der Waals surface area contributed by atoms with E-state index in [0.717, 1.165) is 30.6 Å². The van der Waals surface area contributed by atoms with Crippen LogP contribution in [-0.2, 0) is 26.2 Å². The number of carbonyl (C=O) groups excluding carboxylic acids is 1. The molecule has 0 unspecified atom stereocenters. The molecule has 0 radical (unpaired) electrons. The van der Waals surface area contributed by atoms with Gasteiger partial charge in [-0.1, -0.05) is 11.8 Å². The van der Waals surface area contributed by atoms with Gasteiger partial charge in [-0.2, -0.15) is 5.26 Å². The van der Waals surface area contributed by atoms with Crippen molar-refractivity contribution in [1.82, 2.24) is 30.8 Å². The lowest BCUT2D eigenvalue weighted by atomic mass is 10.1. The van der Waals surface area contributed by atoms with Crippen molar-refractivity contribution in [3.8, 4) is 6.07 Å². The third-order valence-electron chi connectivity index (χ3n) is 3.96. The fraction of sp³-hybridized carbons (Fsp3) is 0.533. The zero-order valence-electron chi connectivity index (χ0n) is 16.4. The standard InChI is InChI=1S/C15H19N7O6S3/c1-22-14(19-20-21-22)31-6-8-5-30-12(17-10(8)11(24)25)15(28-2,13(26)27)18-9(23)7-29-4-3-16/h12,17H,4-7H2,1-2H3,(H,18,23)(H,24,25)(H,26,27)/t12-,15+/m1/s1. The van der Waals surface area contributed by atoms with E-state index in [0.29, 0.717) is 10.7 Å². The van der Waals surface area contributed by atoms with Gasteiger partial charge in [-0.3, -0.25) is 4.79 Å². The number of carbonyl (C=O) groups is 3. The number of aliphatic carboxylic acids is 2. The number of nitrogens with zero attached hydrogens (tertiary/aromatic N) is 5. The summed E-state index contributed by atoms with van der Waals surface area (Å²) in [7, 11) is 2.76. The largest absolute Gasteiger partial charge is 0.478 e. The number of hydrogen-bond acceptors (Lipinski definition) is 12. The SMILES string of the molecule is CO[C@](NC(=O)CSCC#N)(C(=O)O)[C@@H]1NC(C(=O)O)=C(CSc2nnnn2C)CS1. The van der Waals surface area contributed by atoms with Gasteiger partial charge >= 0.3 is 11.9 Å². The maximum atomic E-state index is 12.2. The molecule has 1 aromatic heterocycles. The van der Waals surface area contributed by atoms with Gasteiger partial charge in [-0.25, -0.2) is 14.3 Å². The van der Waals surface area contributed by atoms with E-state index in [-0.39, 0.29) is 28.7 Å². The molecule has 1 aliphatic rings. The highest BCUT2D eigenvalue weighted by Crippen LogP contribution is 2.33. The molecule has 1 amide bonds. The van der Waals surface area contributed by atoms with Gasteiger partial charge in [0.15, 0.2) is 0 Å². The van der Waals surface area contributed by atoms with E-state index in [9.17, 15) is 24.6 Å². The molecular formula is C15H19N7O6S3. The second kappa shape index (κ2) is 11.2. The zero-order valence-corrected chi connectivity index (χ0v) is 18.8. The van der Waals surface area contributed by atoms with Gasteiger partial charge in [0.05, 0.1) is 17.6 Å². The van der Waals surface area contributed by atoms with E-state index >= 15 is 0 Å². The van der Waals surface area contributed by atoms with Gasteiger partial charge in [0.2, 0.25) is 11.1 Å². The molecule has 31 heavy (non-hydrogen) atoms. The van der Waals surface area contributed by atoms with Crippen LogP contribution in [0.15, 0.2) is 16.4 Å². The van der Waals surface area contributed by atoms with Crippen LogP contribution >= 0.6 is 35.3 Å². The first-order valence-electron chi connectivity index (χ1n) is 8.48. The summed E-state index contributed by atoms with van der Waals surface area (Å²) >= 11 is 3.32. The Labute approximate surface area is 189 Å². The average molecular weight is 490 g/mol. The number of carboxylic acids is 2. The van der Waals surface area contributed by atoms with Crippen LogP contribution in [0, 0.1) is 11.3 Å². The molecule has 16 heteroatoms. The summed E-state index contributed by atoms with van der Waals surface area (Å²) in [4.78, 5) is 36.1. The molecule has 13 nitrogen and oxygen atoms in total. The predicted octanol–water partition coefficient (Wildman–Crippen LogP) is -0.896. The van der Waals surface area contributed by atoms with Crippen LogP contribution in [0.5, 0.6) is 0 Å². The topological polar surface area (TPSA) is 192 Å². The highest BCUT2D eigenvalue weighted by Gasteiger charge is 2.50. The minimum atomic E-state index is -2.22. The first kappa shape index (κ1) is 24.8. The number of ether oxygens (including phenoxy) is 1. The first-order chi connectivity index (χ1) is 14.7. The van der Waals surface area contributed by atoms with Gasteiger partial charge in [-0.05, 0) is 16.0 Å². The highest BCUT2D eigenvalue weighted by atomic mass is 32.2. The number of carboxylic acid groups (broad SMARTS) is 2.